The Morgan fingerprint density at radius 2 is 1.75 bits per heavy atom. The first-order valence-corrected chi connectivity index (χ1v) is 5.87. The van der Waals surface area contributed by atoms with E-state index in [4.69, 9.17) is 5.73 Å². The number of hydrogen-bond donors (Lipinski definition) is 2. The summed E-state index contributed by atoms with van der Waals surface area (Å²) >= 11 is 0. The first-order chi connectivity index (χ1) is 7.52. The zero-order valence-corrected chi connectivity index (χ0v) is 10.0. The van der Waals surface area contributed by atoms with Gasteiger partial charge in [-0.25, -0.2) is 4.79 Å². The normalized spacial score (nSPS) is 18.3. The maximum Gasteiger partial charge on any atom is 0.318 e. The summed E-state index contributed by atoms with van der Waals surface area (Å²) in [5.74, 6) is -0.452. The molecule has 1 rings (SSSR count). The van der Waals surface area contributed by atoms with Crippen LogP contribution in [0.4, 0.5) is 4.79 Å². The first kappa shape index (κ1) is 12.8. The summed E-state index contributed by atoms with van der Waals surface area (Å²) in [7, 11) is 0. The molecular formula is C11H21N3O2. The summed E-state index contributed by atoms with van der Waals surface area (Å²) in [6.07, 6.45) is 3.25. The lowest BCUT2D eigenvalue weighted by Crippen LogP contribution is -2.53. The molecule has 3 N–H and O–H groups in total. The van der Waals surface area contributed by atoms with Crippen LogP contribution in [0, 0.1) is 5.92 Å². The van der Waals surface area contributed by atoms with Gasteiger partial charge in [0, 0.05) is 13.1 Å². The van der Waals surface area contributed by atoms with Gasteiger partial charge in [0.25, 0.3) is 0 Å². The number of primary amides is 1. The average Bonchev–Trinajstić information content (AvgIpc) is 2.25. The van der Waals surface area contributed by atoms with E-state index < -0.39 is 11.9 Å². The highest BCUT2D eigenvalue weighted by atomic mass is 16.2. The molecular weight excluding hydrogens is 206 g/mol. The Bertz CT molecular complexity index is 260. The van der Waals surface area contributed by atoms with E-state index >= 15 is 0 Å². The number of piperidine rings is 1. The van der Waals surface area contributed by atoms with Gasteiger partial charge in [0.1, 0.15) is 6.04 Å². The van der Waals surface area contributed by atoms with Crippen molar-refractivity contribution < 1.29 is 9.59 Å². The third kappa shape index (κ3) is 3.40. The standard InChI is InChI=1S/C11H21N3O2/c1-8(2)9(10(12)15)13-11(16)14-6-4-3-5-7-14/h8-9H,3-7H2,1-2H3,(H2,12,15)(H,13,16). The van der Waals surface area contributed by atoms with Crippen LogP contribution in [-0.4, -0.2) is 36.0 Å². The van der Waals surface area contributed by atoms with Gasteiger partial charge in [0.2, 0.25) is 5.91 Å². The quantitative estimate of drug-likeness (QED) is 0.744. The van der Waals surface area contributed by atoms with E-state index in [-0.39, 0.29) is 11.9 Å². The van der Waals surface area contributed by atoms with Gasteiger partial charge in [-0.15, -0.1) is 0 Å². The van der Waals surface area contributed by atoms with E-state index in [1.54, 1.807) is 4.90 Å². The molecule has 0 radical (unpaired) electrons. The third-order valence-corrected chi connectivity index (χ3v) is 2.90. The highest BCUT2D eigenvalue weighted by molar-refractivity contribution is 5.86. The van der Waals surface area contributed by atoms with Gasteiger partial charge >= 0.3 is 6.03 Å². The number of carbonyl (C=O) groups is 2. The topological polar surface area (TPSA) is 75.4 Å². The monoisotopic (exact) mass is 227 g/mol. The van der Waals surface area contributed by atoms with Crippen LogP contribution in [0.1, 0.15) is 33.1 Å². The predicted octanol–water partition coefficient (Wildman–Crippen LogP) is 0.692. The lowest BCUT2D eigenvalue weighted by atomic mass is 10.0. The van der Waals surface area contributed by atoms with Crippen molar-refractivity contribution >= 4 is 11.9 Å². The number of carbonyl (C=O) groups excluding carboxylic acids is 2. The molecule has 1 aliphatic heterocycles. The Hall–Kier alpha value is -1.26. The van der Waals surface area contributed by atoms with E-state index in [1.807, 2.05) is 13.8 Å². The summed E-state index contributed by atoms with van der Waals surface area (Å²) in [6.45, 7) is 5.28. The van der Waals surface area contributed by atoms with E-state index in [2.05, 4.69) is 5.32 Å². The summed E-state index contributed by atoms with van der Waals surface area (Å²) < 4.78 is 0. The molecule has 1 aliphatic rings. The van der Waals surface area contributed by atoms with Crippen molar-refractivity contribution in [1.29, 1.82) is 0 Å². The molecule has 5 heteroatoms. The smallest absolute Gasteiger partial charge is 0.318 e. The van der Waals surface area contributed by atoms with E-state index in [0.717, 1.165) is 25.9 Å². The Morgan fingerprint density at radius 1 is 1.19 bits per heavy atom. The van der Waals surface area contributed by atoms with E-state index in [0.29, 0.717) is 0 Å². The SMILES string of the molecule is CC(C)C(NC(=O)N1CCCCC1)C(N)=O. The van der Waals surface area contributed by atoms with Crippen molar-refractivity contribution in [3.8, 4) is 0 Å². The summed E-state index contributed by atoms with van der Waals surface area (Å²) in [5, 5.41) is 2.70. The van der Waals surface area contributed by atoms with Gasteiger partial charge in [0.05, 0.1) is 0 Å². The molecule has 1 fully saturated rings. The maximum absolute atomic E-state index is 11.8. The fourth-order valence-electron chi connectivity index (χ4n) is 1.89. The molecule has 16 heavy (non-hydrogen) atoms. The molecule has 1 saturated heterocycles. The highest BCUT2D eigenvalue weighted by Gasteiger charge is 2.24. The minimum Gasteiger partial charge on any atom is -0.368 e. The van der Waals surface area contributed by atoms with Crippen molar-refractivity contribution in [2.75, 3.05) is 13.1 Å². The van der Waals surface area contributed by atoms with Crippen molar-refractivity contribution in [2.45, 2.75) is 39.2 Å². The van der Waals surface area contributed by atoms with Crippen molar-refractivity contribution in [3.63, 3.8) is 0 Å². The van der Waals surface area contributed by atoms with Crippen LogP contribution in [0.15, 0.2) is 0 Å². The molecule has 5 nitrogen and oxygen atoms in total. The Labute approximate surface area is 96.4 Å². The fraction of sp³-hybridized carbons (Fsp3) is 0.818. The molecule has 1 unspecified atom stereocenters. The van der Waals surface area contributed by atoms with Crippen LogP contribution in [0.5, 0.6) is 0 Å². The zero-order chi connectivity index (χ0) is 12.1. The minimum atomic E-state index is -0.575. The van der Waals surface area contributed by atoms with Gasteiger partial charge in [-0.2, -0.15) is 0 Å². The number of nitrogens with two attached hydrogens (primary N) is 1. The van der Waals surface area contributed by atoms with Gasteiger partial charge < -0.3 is 16.0 Å². The second-order valence-corrected chi connectivity index (χ2v) is 4.62. The van der Waals surface area contributed by atoms with Crippen LogP contribution in [-0.2, 0) is 4.79 Å². The van der Waals surface area contributed by atoms with Crippen molar-refractivity contribution in [1.82, 2.24) is 10.2 Å². The van der Waals surface area contributed by atoms with Crippen LogP contribution in [0.25, 0.3) is 0 Å². The molecule has 0 aromatic carbocycles. The average molecular weight is 227 g/mol. The number of hydrogen-bond acceptors (Lipinski definition) is 2. The summed E-state index contributed by atoms with van der Waals surface area (Å²) in [4.78, 5) is 24.7. The van der Waals surface area contributed by atoms with Gasteiger partial charge in [-0.1, -0.05) is 13.8 Å². The molecule has 0 aromatic rings. The predicted molar refractivity (Wildman–Crippen MR) is 61.8 cm³/mol. The van der Waals surface area contributed by atoms with Crippen LogP contribution in [0.2, 0.25) is 0 Å². The van der Waals surface area contributed by atoms with Crippen LogP contribution >= 0.6 is 0 Å². The van der Waals surface area contributed by atoms with E-state index in [1.165, 1.54) is 6.42 Å². The summed E-state index contributed by atoms with van der Waals surface area (Å²) in [5.41, 5.74) is 5.24. The Kier molecular flexibility index (Phi) is 4.58. The lowest BCUT2D eigenvalue weighted by molar-refractivity contribution is -0.120. The molecule has 92 valence electrons. The second kappa shape index (κ2) is 5.72. The lowest BCUT2D eigenvalue weighted by Gasteiger charge is -2.29. The first-order valence-electron chi connectivity index (χ1n) is 5.87. The molecule has 0 bridgehead atoms. The summed E-state index contributed by atoms with van der Waals surface area (Å²) in [6, 6.07) is -0.744. The van der Waals surface area contributed by atoms with Gasteiger partial charge in [-0.3, -0.25) is 4.79 Å². The highest BCUT2D eigenvalue weighted by Crippen LogP contribution is 2.09. The van der Waals surface area contributed by atoms with Crippen molar-refractivity contribution in [2.24, 2.45) is 11.7 Å². The van der Waals surface area contributed by atoms with Gasteiger partial charge in [0.15, 0.2) is 0 Å². The molecule has 1 heterocycles. The minimum absolute atomic E-state index is 0.0197. The van der Waals surface area contributed by atoms with Crippen LogP contribution < -0.4 is 11.1 Å². The molecule has 0 aromatic heterocycles. The molecule has 3 amide bonds. The van der Waals surface area contributed by atoms with E-state index in [9.17, 15) is 9.59 Å². The number of urea groups is 1. The molecule has 0 aliphatic carbocycles. The zero-order valence-electron chi connectivity index (χ0n) is 10.0. The number of nitrogens with zero attached hydrogens (tertiary/aromatic N) is 1. The second-order valence-electron chi connectivity index (χ2n) is 4.62. The number of nitrogens with one attached hydrogen (secondary N) is 1. The fourth-order valence-corrected chi connectivity index (χ4v) is 1.89. The molecule has 0 spiro atoms. The molecule has 0 saturated carbocycles. The van der Waals surface area contributed by atoms with Crippen LogP contribution in [0.3, 0.4) is 0 Å². The number of rotatable bonds is 3. The number of amides is 3. The number of likely N-dealkylation sites (tertiary alicyclic amines) is 1. The Balaban J connectivity index is 2.50. The van der Waals surface area contributed by atoms with Gasteiger partial charge in [-0.05, 0) is 25.2 Å². The van der Waals surface area contributed by atoms with Crippen molar-refractivity contribution in [3.05, 3.63) is 0 Å². The Morgan fingerprint density at radius 3 is 2.19 bits per heavy atom. The maximum atomic E-state index is 11.8. The largest absolute Gasteiger partial charge is 0.368 e. The third-order valence-electron chi connectivity index (χ3n) is 2.90. The molecule has 1 atom stereocenters.